The van der Waals surface area contributed by atoms with Gasteiger partial charge in [0, 0.05) is 18.7 Å². The van der Waals surface area contributed by atoms with Gasteiger partial charge in [0.1, 0.15) is 0 Å². The minimum absolute atomic E-state index is 0.334. The van der Waals surface area contributed by atoms with E-state index in [4.69, 9.17) is 5.73 Å². The number of nitrogens with one attached hydrogen (secondary N) is 1. The molecular weight excluding hydrogens is 238 g/mol. The highest BCUT2D eigenvalue weighted by atomic mass is 16.1. The van der Waals surface area contributed by atoms with Gasteiger partial charge in [0.25, 0.3) is 0 Å². The van der Waals surface area contributed by atoms with Crippen LogP contribution in [-0.4, -0.2) is 37.5 Å². The first-order chi connectivity index (χ1) is 9.20. The number of primary amides is 1. The van der Waals surface area contributed by atoms with Crippen molar-refractivity contribution in [2.24, 2.45) is 11.7 Å². The van der Waals surface area contributed by atoms with Crippen molar-refractivity contribution in [2.45, 2.75) is 19.4 Å². The van der Waals surface area contributed by atoms with E-state index in [0.717, 1.165) is 31.7 Å². The van der Waals surface area contributed by atoms with Crippen LogP contribution in [0.4, 0.5) is 0 Å². The second kappa shape index (κ2) is 6.68. The van der Waals surface area contributed by atoms with Crippen molar-refractivity contribution in [3.63, 3.8) is 0 Å². The molecule has 0 aromatic heterocycles. The van der Waals surface area contributed by atoms with Gasteiger partial charge < -0.3 is 11.1 Å². The van der Waals surface area contributed by atoms with Gasteiger partial charge in [-0.1, -0.05) is 18.2 Å². The summed E-state index contributed by atoms with van der Waals surface area (Å²) in [7, 11) is 2.00. The minimum atomic E-state index is -0.334. The number of carbonyl (C=O) groups excluding carboxylic acids is 1. The fourth-order valence-corrected chi connectivity index (χ4v) is 2.89. The Balaban J connectivity index is 2.02. The Morgan fingerprint density at radius 2 is 2.26 bits per heavy atom. The van der Waals surface area contributed by atoms with Crippen molar-refractivity contribution in [1.82, 2.24) is 10.2 Å². The molecule has 1 atom stereocenters. The van der Waals surface area contributed by atoms with Crippen molar-refractivity contribution >= 4 is 5.91 Å². The van der Waals surface area contributed by atoms with E-state index in [9.17, 15) is 4.79 Å². The molecule has 2 rings (SSSR count). The molecule has 0 spiro atoms. The Morgan fingerprint density at radius 3 is 3.00 bits per heavy atom. The smallest absolute Gasteiger partial charge is 0.249 e. The van der Waals surface area contributed by atoms with Crippen LogP contribution < -0.4 is 11.1 Å². The summed E-state index contributed by atoms with van der Waals surface area (Å²) in [5.41, 5.74) is 7.12. The SMILES string of the molecule is CNCC1CCCN(Cc2ccccc2C(N)=O)C1. The fourth-order valence-electron chi connectivity index (χ4n) is 2.89. The van der Waals surface area contributed by atoms with Gasteiger partial charge in [0.15, 0.2) is 0 Å². The van der Waals surface area contributed by atoms with Gasteiger partial charge in [-0.3, -0.25) is 9.69 Å². The molecule has 1 unspecified atom stereocenters. The molecule has 4 heteroatoms. The maximum absolute atomic E-state index is 11.4. The van der Waals surface area contributed by atoms with E-state index < -0.39 is 0 Å². The zero-order valence-electron chi connectivity index (χ0n) is 11.6. The van der Waals surface area contributed by atoms with Crippen LogP contribution in [0, 0.1) is 5.92 Å². The van der Waals surface area contributed by atoms with E-state index >= 15 is 0 Å². The largest absolute Gasteiger partial charge is 0.366 e. The lowest BCUT2D eigenvalue weighted by Gasteiger charge is -2.33. The number of amides is 1. The topological polar surface area (TPSA) is 58.4 Å². The third-order valence-electron chi connectivity index (χ3n) is 3.77. The fraction of sp³-hybridized carbons (Fsp3) is 0.533. The molecule has 0 saturated carbocycles. The molecule has 3 N–H and O–H groups in total. The van der Waals surface area contributed by atoms with Gasteiger partial charge in [-0.15, -0.1) is 0 Å². The molecule has 1 aromatic rings. The third-order valence-corrected chi connectivity index (χ3v) is 3.77. The molecule has 0 aliphatic carbocycles. The van der Waals surface area contributed by atoms with E-state index in [0.29, 0.717) is 11.5 Å². The van der Waals surface area contributed by atoms with Crippen LogP contribution in [-0.2, 0) is 6.54 Å². The van der Waals surface area contributed by atoms with Crippen molar-refractivity contribution in [1.29, 1.82) is 0 Å². The summed E-state index contributed by atoms with van der Waals surface area (Å²) in [6.45, 7) is 4.08. The van der Waals surface area contributed by atoms with Crippen LogP contribution in [0.1, 0.15) is 28.8 Å². The molecule has 0 bridgehead atoms. The quantitative estimate of drug-likeness (QED) is 0.838. The Bertz CT molecular complexity index is 431. The third kappa shape index (κ3) is 3.78. The van der Waals surface area contributed by atoms with E-state index in [2.05, 4.69) is 10.2 Å². The van der Waals surface area contributed by atoms with Crippen LogP contribution in [0.15, 0.2) is 24.3 Å². The predicted octanol–water partition coefficient (Wildman–Crippen LogP) is 1.22. The van der Waals surface area contributed by atoms with Crippen molar-refractivity contribution < 1.29 is 4.79 Å². The second-order valence-electron chi connectivity index (χ2n) is 5.32. The number of benzene rings is 1. The number of piperidine rings is 1. The molecular formula is C15H23N3O. The number of carbonyl (C=O) groups is 1. The molecule has 0 radical (unpaired) electrons. The first-order valence-corrected chi connectivity index (χ1v) is 6.95. The van der Waals surface area contributed by atoms with Crippen LogP contribution in [0.5, 0.6) is 0 Å². The van der Waals surface area contributed by atoms with Crippen LogP contribution in [0.3, 0.4) is 0 Å². The molecule has 1 heterocycles. The highest BCUT2D eigenvalue weighted by molar-refractivity contribution is 5.94. The van der Waals surface area contributed by atoms with Crippen LogP contribution in [0.2, 0.25) is 0 Å². The summed E-state index contributed by atoms with van der Waals surface area (Å²) in [5, 5.41) is 3.25. The van der Waals surface area contributed by atoms with Gasteiger partial charge in [0.2, 0.25) is 5.91 Å². The van der Waals surface area contributed by atoms with Crippen molar-refractivity contribution in [3.8, 4) is 0 Å². The molecule has 1 aliphatic heterocycles. The molecule has 19 heavy (non-hydrogen) atoms. The second-order valence-corrected chi connectivity index (χ2v) is 5.32. The van der Waals surface area contributed by atoms with Crippen LogP contribution >= 0.6 is 0 Å². The summed E-state index contributed by atoms with van der Waals surface area (Å²) in [6.07, 6.45) is 2.51. The summed E-state index contributed by atoms with van der Waals surface area (Å²) < 4.78 is 0. The Labute approximate surface area is 115 Å². The van der Waals surface area contributed by atoms with Gasteiger partial charge in [-0.2, -0.15) is 0 Å². The van der Waals surface area contributed by atoms with Crippen molar-refractivity contribution in [2.75, 3.05) is 26.7 Å². The molecule has 1 amide bonds. The van der Waals surface area contributed by atoms with Gasteiger partial charge >= 0.3 is 0 Å². The lowest BCUT2D eigenvalue weighted by Crippen LogP contribution is -2.38. The average Bonchev–Trinajstić information content (AvgIpc) is 2.40. The lowest BCUT2D eigenvalue weighted by atomic mass is 9.97. The summed E-state index contributed by atoms with van der Waals surface area (Å²) in [4.78, 5) is 13.8. The first kappa shape index (κ1) is 14.0. The van der Waals surface area contributed by atoms with E-state index in [1.165, 1.54) is 12.8 Å². The molecule has 4 nitrogen and oxygen atoms in total. The number of hydrogen-bond donors (Lipinski definition) is 2. The predicted molar refractivity (Wildman–Crippen MR) is 76.9 cm³/mol. The van der Waals surface area contributed by atoms with Gasteiger partial charge in [0.05, 0.1) is 0 Å². The summed E-state index contributed by atoms with van der Waals surface area (Å²) >= 11 is 0. The number of nitrogens with two attached hydrogens (primary N) is 1. The van der Waals surface area contributed by atoms with E-state index in [1.54, 1.807) is 0 Å². The maximum Gasteiger partial charge on any atom is 0.249 e. The average molecular weight is 261 g/mol. The van der Waals surface area contributed by atoms with Gasteiger partial charge in [-0.05, 0) is 50.5 Å². The molecule has 1 aliphatic rings. The normalized spacial score (nSPS) is 20.4. The number of hydrogen-bond acceptors (Lipinski definition) is 3. The summed E-state index contributed by atoms with van der Waals surface area (Å²) in [6, 6.07) is 7.65. The number of nitrogens with zero attached hydrogens (tertiary/aromatic N) is 1. The monoisotopic (exact) mass is 261 g/mol. The molecule has 1 saturated heterocycles. The van der Waals surface area contributed by atoms with Crippen molar-refractivity contribution in [3.05, 3.63) is 35.4 Å². The first-order valence-electron chi connectivity index (χ1n) is 6.95. The summed E-state index contributed by atoms with van der Waals surface area (Å²) in [5.74, 6) is 0.374. The van der Waals surface area contributed by atoms with Gasteiger partial charge in [-0.25, -0.2) is 0 Å². The molecule has 1 fully saturated rings. The minimum Gasteiger partial charge on any atom is -0.366 e. The molecule has 104 valence electrons. The maximum atomic E-state index is 11.4. The van der Waals surface area contributed by atoms with E-state index in [1.807, 2.05) is 31.3 Å². The highest BCUT2D eigenvalue weighted by Gasteiger charge is 2.20. The van der Waals surface area contributed by atoms with Crippen LogP contribution in [0.25, 0.3) is 0 Å². The Hall–Kier alpha value is -1.39. The highest BCUT2D eigenvalue weighted by Crippen LogP contribution is 2.19. The lowest BCUT2D eigenvalue weighted by molar-refractivity contribution is 0.0997. The number of likely N-dealkylation sites (tertiary alicyclic amines) is 1. The Kier molecular flexibility index (Phi) is 4.93. The number of rotatable bonds is 5. The van der Waals surface area contributed by atoms with E-state index in [-0.39, 0.29) is 5.91 Å². The standard InChI is InChI=1S/C15H23N3O/c1-17-9-12-5-4-8-18(10-12)11-13-6-2-3-7-14(13)15(16)19/h2-3,6-7,12,17H,4-5,8-11H2,1H3,(H2,16,19). The molecule has 1 aromatic carbocycles. The zero-order valence-corrected chi connectivity index (χ0v) is 11.6. The Morgan fingerprint density at radius 1 is 1.47 bits per heavy atom. The zero-order chi connectivity index (χ0) is 13.7.